The summed E-state index contributed by atoms with van der Waals surface area (Å²) in [4.78, 5) is 56.1. The van der Waals surface area contributed by atoms with Gasteiger partial charge in [0.15, 0.2) is 5.82 Å². The first-order chi connectivity index (χ1) is 23.6. The molecule has 0 bridgehead atoms. The number of phenols is 2. The van der Waals surface area contributed by atoms with E-state index in [4.69, 9.17) is 14.7 Å². The van der Waals surface area contributed by atoms with Gasteiger partial charge in [-0.3, -0.25) is 4.79 Å². The molecule has 0 unspecified atom stereocenters. The van der Waals surface area contributed by atoms with Gasteiger partial charge in [0.2, 0.25) is 0 Å². The lowest BCUT2D eigenvalue weighted by molar-refractivity contribution is 0.0734. The Hall–Kier alpha value is -4.95. The van der Waals surface area contributed by atoms with Crippen molar-refractivity contribution in [3.63, 3.8) is 0 Å². The Morgan fingerprint density at radius 2 is 1.63 bits per heavy atom. The van der Waals surface area contributed by atoms with Crippen LogP contribution in [0.3, 0.4) is 0 Å². The molecule has 1 fully saturated rings. The third kappa shape index (κ3) is 6.70. The van der Waals surface area contributed by atoms with Crippen molar-refractivity contribution < 1.29 is 29.3 Å². The third-order valence-electron chi connectivity index (χ3n) is 8.72. The number of amides is 5. The molecule has 0 atom stereocenters. The van der Waals surface area contributed by atoms with Gasteiger partial charge in [0.05, 0.1) is 36.4 Å². The van der Waals surface area contributed by atoms with Crippen molar-refractivity contribution in [2.24, 2.45) is 0 Å². The number of urea groups is 2. The van der Waals surface area contributed by atoms with Crippen LogP contribution in [0.15, 0.2) is 36.4 Å². The zero-order chi connectivity index (χ0) is 34.8. The first-order valence-corrected chi connectivity index (χ1v) is 17.4. The van der Waals surface area contributed by atoms with Crippen LogP contribution in [0.4, 0.5) is 21.1 Å². The maximum absolute atomic E-state index is 13.7. The molecule has 5 amide bonds. The number of aromatic hydroxyl groups is 2. The van der Waals surface area contributed by atoms with Crippen molar-refractivity contribution >= 4 is 51.0 Å². The van der Waals surface area contributed by atoms with E-state index >= 15 is 0 Å². The minimum atomic E-state index is -0.522. The monoisotopic (exact) mass is 687 g/mol. The van der Waals surface area contributed by atoms with Crippen molar-refractivity contribution in [1.82, 2.24) is 25.5 Å². The summed E-state index contributed by atoms with van der Waals surface area (Å²) < 4.78 is 5.64. The highest BCUT2D eigenvalue weighted by Gasteiger charge is 2.31. The molecular weight excluding hydrogens is 646 g/mol. The van der Waals surface area contributed by atoms with E-state index < -0.39 is 12.1 Å². The van der Waals surface area contributed by atoms with Gasteiger partial charge in [-0.15, -0.1) is 11.3 Å². The largest absolute Gasteiger partial charge is 0.508 e. The Labute approximate surface area is 288 Å². The molecule has 0 saturated carbocycles. The number of rotatable bonds is 7. The molecule has 14 heteroatoms. The fourth-order valence-electron chi connectivity index (χ4n) is 6.23. The number of anilines is 2. The van der Waals surface area contributed by atoms with E-state index in [9.17, 15) is 24.6 Å². The smallest absolute Gasteiger partial charge is 0.330 e. The van der Waals surface area contributed by atoms with Crippen LogP contribution in [0.1, 0.15) is 60.0 Å². The molecule has 2 aromatic carbocycles. The van der Waals surface area contributed by atoms with Crippen LogP contribution in [-0.4, -0.2) is 89.0 Å². The average molecular weight is 688 g/mol. The number of phenolic OH excluding ortho intramolecular Hbond substituents is 2. The summed E-state index contributed by atoms with van der Waals surface area (Å²) in [5, 5.41) is 27.3. The number of ether oxygens (including phenoxy) is 1. The molecule has 49 heavy (non-hydrogen) atoms. The number of imide groups is 1. The van der Waals surface area contributed by atoms with Gasteiger partial charge in [0.1, 0.15) is 22.1 Å². The summed E-state index contributed by atoms with van der Waals surface area (Å²) in [6.45, 7) is 11.5. The van der Waals surface area contributed by atoms with Crippen LogP contribution in [0.25, 0.3) is 21.6 Å². The van der Waals surface area contributed by atoms with E-state index in [2.05, 4.69) is 15.5 Å². The summed E-state index contributed by atoms with van der Waals surface area (Å²) in [5.74, 6) is 0.724. The summed E-state index contributed by atoms with van der Waals surface area (Å²) >= 11 is 1.53. The number of hydrogen-bond acceptors (Lipinski definition) is 10. The summed E-state index contributed by atoms with van der Waals surface area (Å²) in [6, 6.07) is 8.79. The lowest BCUT2D eigenvalue weighted by Gasteiger charge is -2.30. The highest BCUT2D eigenvalue weighted by molar-refractivity contribution is 7.19. The molecule has 4 heterocycles. The molecule has 2 aromatic heterocycles. The Balaban J connectivity index is 1.36. The zero-order valence-electron chi connectivity index (χ0n) is 28.1. The van der Waals surface area contributed by atoms with Crippen molar-refractivity contribution in [3.8, 4) is 22.9 Å². The normalized spacial score (nSPS) is 14.6. The number of carbonyl (C=O) groups excluding carboxylic acids is 3. The molecule has 0 aliphatic carbocycles. The van der Waals surface area contributed by atoms with E-state index in [-0.39, 0.29) is 28.9 Å². The molecule has 4 aromatic rings. The summed E-state index contributed by atoms with van der Waals surface area (Å²) in [6.07, 6.45) is 0.598. The van der Waals surface area contributed by atoms with Gasteiger partial charge in [-0.1, -0.05) is 13.8 Å². The number of benzene rings is 2. The topological polar surface area (TPSA) is 160 Å². The molecule has 4 N–H and O–H groups in total. The maximum Gasteiger partial charge on any atom is 0.330 e. The van der Waals surface area contributed by atoms with E-state index in [0.29, 0.717) is 76.0 Å². The van der Waals surface area contributed by atoms with Gasteiger partial charge in [-0.05, 0) is 67.6 Å². The summed E-state index contributed by atoms with van der Waals surface area (Å²) in [7, 11) is 0. The lowest BCUT2D eigenvalue weighted by atomic mass is 9.97. The number of carbonyl (C=O) groups is 3. The van der Waals surface area contributed by atoms with Gasteiger partial charge in [0.25, 0.3) is 5.91 Å². The predicted molar refractivity (Wildman–Crippen MR) is 189 cm³/mol. The van der Waals surface area contributed by atoms with Gasteiger partial charge >= 0.3 is 12.1 Å². The van der Waals surface area contributed by atoms with Crippen molar-refractivity contribution in [3.05, 3.63) is 58.0 Å². The number of aromatic nitrogens is 2. The van der Waals surface area contributed by atoms with Crippen LogP contribution in [0.2, 0.25) is 0 Å². The molecule has 2 aliphatic heterocycles. The number of fused-ring (bicyclic) bond motifs is 3. The minimum absolute atomic E-state index is 0.0228. The quantitative estimate of drug-likeness (QED) is 0.205. The maximum atomic E-state index is 13.7. The van der Waals surface area contributed by atoms with Gasteiger partial charge < -0.3 is 35.4 Å². The number of morpholine rings is 1. The second kappa shape index (κ2) is 14.3. The molecular formula is C35H41N7O6S. The minimum Gasteiger partial charge on any atom is -0.508 e. The lowest BCUT2D eigenvalue weighted by Crippen LogP contribution is -2.48. The molecule has 1 saturated heterocycles. The second-order valence-corrected chi connectivity index (χ2v) is 13.4. The van der Waals surface area contributed by atoms with E-state index in [1.54, 1.807) is 49.1 Å². The van der Waals surface area contributed by atoms with Crippen molar-refractivity contribution in [1.29, 1.82) is 0 Å². The Morgan fingerprint density at radius 3 is 2.27 bits per heavy atom. The molecule has 6 rings (SSSR count). The molecule has 258 valence electrons. The molecule has 0 radical (unpaired) electrons. The number of nitrogens with zero attached hydrogens (tertiary/aromatic N) is 5. The van der Waals surface area contributed by atoms with E-state index in [1.165, 1.54) is 17.4 Å². The first kappa shape index (κ1) is 33.9. The van der Waals surface area contributed by atoms with E-state index in [0.717, 1.165) is 36.9 Å². The number of nitrogens with one attached hydrogen (secondary N) is 2. The Morgan fingerprint density at radius 1 is 0.959 bits per heavy atom. The number of hydrogen-bond donors (Lipinski definition) is 4. The van der Waals surface area contributed by atoms with Crippen molar-refractivity contribution in [2.75, 3.05) is 55.7 Å². The molecule has 13 nitrogen and oxygen atoms in total. The number of thiophene rings is 1. The van der Waals surface area contributed by atoms with Gasteiger partial charge in [0, 0.05) is 49.2 Å². The van der Waals surface area contributed by atoms with Crippen LogP contribution >= 0.6 is 11.3 Å². The first-order valence-electron chi connectivity index (χ1n) is 16.6. The van der Waals surface area contributed by atoms with Crippen LogP contribution < -0.4 is 20.4 Å². The van der Waals surface area contributed by atoms with E-state index in [1.807, 2.05) is 13.8 Å². The highest BCUT2D eigenvalue weighted by Crippen LogP contribution is 2.41. The van der Waals surface area contributed by atoms with Crippen LogP contribution in [0, 0.1) is 0 Å². The zero-order valence-corrected chi connectivity index (χ0v) is 28.9. The average Bonchev–Trinajstić information content (AvgIpc) is 3.46. The SMILES string of the molecule is CCNC(=O)N(C(=O)NCC)c1ccc(-c2nc(N3CCOCC3)c3c4c(sc3n2)CN(C(=O)c2cc(C(C)C)c(O)cc2O)CC4)cc1. The standard InChI is InChI=1S/C35H41N7O6S/c1-5-36-34(46)42(35(47)37-6-2)22-9-7-21(8-10-22)30-38-31(40-13-15-48-16-14-40)29-23-11-12-41(19-28(23)49-32(29)39-30)33(45)25-17-24(20(3)4)26(43)18-27(25)44/h7-10,17-18,20,43-44H,5-6,11-16,19H2,1-4H3,(H,36,46)(H,37,47). The predicted octanol–water partition coefficient (Wildman–Crippen LogP) is 5.19. The van der Waals surface area contributed by atoms with Gasteiger partial charge in [-0.25, -0.2) is 24.5 Å². The highest BCUT2D eigenvalue weighted by atomic mass is 32.1. The van der Waals surface area contributed by atoms with Crippen LogP contribution in [-0.2, 0) is 17.7 Å². The second-order valence-electron chi connectivity index (χ2n) is 12.3. The van der Waals surface area contributed by atoms with Crippen molar-refractivity contribution in [2.45, 2.75) is 46.6 Å². The molecule has 2 aliphatic rings. The van der Waals surface area contributed by atoms with Gasteiger partial charge in [-0.2, -0.15) is 0 Å². The fourth-order valence-corrected chi connectivity index (χ4v) is 7.46. The third-order valence-corrected chi connectivity index (χ3v) is 9.83. The Bertz CT molecular complexity index is 1870. The van der Waals surface area contributed by atoms with Crippen LogP contribution in [0.5, 0.6) is 11.5 Å². The Kier molecular flexibility index (Phi) is 9.88. The molecule has 0 spiro atoms. The fraction of sp³-hybridized carbons (Fsp3) is 0.400. The summed E-state index contributed by atoms with van der Waals surface area (Å²) in [5.41, 5.74) is 3.02.